The maximum absolute atomic E-state index is 11.8. The molecule has 1 amide bonds. The van der Waals surface area contributed by atoms with E-state index in [-0.39, 0.29) is 17.4 Å². The smallest absolute Gasteiger partial charge is 0.311 e. The van der Waals surface area contributed by atoms with Gasteiger partial charge >= 0.3 is 5.97 Å². The van der Waals surface area contributed by atoms with Crippen molar-refractivity contribution < 1.29 is 14.7 Å². The first-order valence-corrected chi connectivity index (χ1v) is 6.18. The normalized spacial score (nSPS) is 29.1. The number of hydrogen-bond donors (Lipinski definition) is 2. The molecule has 2 N–H and O–H groups in total. The average molecular weight is 241 g/mol. The van der Waals surface area contributed by atoms with Gasteiger partial charge in [0.1, 0.15) is 0 Å². The predicted molar refractivity (Wildman–Crippen MR) is 65.6 cm³/mol. The summed E-state index contributed by atoms with van der Waals surface area (Å²) in [4.78, 5) is 23.1. The second kappa shape index (κ2) is 4.67. The molecule has 98 valence electrons. The summed E-state index contributed by atoms with van der Waals surface area (Å²) in [5.74, 6) is -0.854. The minimum absolute atomic E-state index is 0.0446. The Hall–Kier alpha value is -1.06. The highest BCUT2D eigenvalue weighted by Gasteiger charge is 2.45. The van der Waals surface area contributed by atoms with Crippen LogP contribution in [0.4, 0.5) is 0 Å². The van der Waals surface area contributed by atoms with E-state index < -0.39 is 11.4 Å². The van der Waals surface area contributed by atoms with E-state index in [1.165, 1.54) is 0 Å². The molecular weight excluding hydrogens is 218 g/mol. The zero-order valence-corrected chi connectivity index (χ0v) is 11.2. The van der Waals surface area contributed by atoms with Gasteiger partial charge in [0.05, 0.1) is 5.41 Å². The van der Waals surface area contributed by atoms with Crippen molar-refractivity contribution >= 4 is 11.9 Å². The first-order chi connectivity index (χ1) is 7.65. The van der Waals surface area contributed by atoms with E-state index in [1.54, 1.807) is 6.92 Å². The molecule has 2 unspecified atom stereocenters. The fourth-order valence-corrected chi connectivity index (χ4v) is 2.38. The Morgan fingerprint density at radius 2 is 2.00 bits per heavy atom. The summed E-state index contributed by atoms with van der Waals surface area (Å²) in [5, 5.41) is 12.1. The average Bonchev–Trinajstić information content (AvgIpc) is 2.45. The van der Waals surface area contributed by atoms with Gasteiger partial charge in [-0.05, 0) is 25.2 Å². The molecule has 1 saturated carbocycles. The molecule has 4 nitrogen and oxygen atoms in total. The molecule has 0 radical (unpaired) electrons. The number of carbonyl (C=O) groups is 2. The molecule has 0 aromatic carbocycles. The lowest BCUT2D eigenvalue weighted by atomic mass is 9.84. The molecule has 0 bridgehead atoms. The van der Waals surface area contributed by atoms with Crippen molar-refractivity contribution in [1.29, 1.82) is 0 Å². The lowest BCUT2D eigenvalue weighted by Crippen LogP contribution is -2.47. The number of nitrogens with one attached hydrogen (secondary N) is 1. The molecule has 1 fully saturated rings. The van der Waals surface area contributed by atoms with Gasteiger partial charge < -0.3 is 10.4 Å². The second-order valence-corrected chi connectivity index (χ2v) is 6.47. The van der Waals surface area contributed by atoms with Crippen LogP contribution in [-0.2, 0) is 9.59 Å². The number of hydrogen-bond acceptors (Lipinski definition) is 2. The van der Waals surface area contributed by atoms with Crippen molar-refractivity contribution in [2.45, 2.75) is 59.4 Å². The van der Waals surface area contributed by atoms with Crippen molar-refractivity contribution in [2.75, 3.05) is 0 Å². The third-order valence-corrected chi connectivity index (χ3v) is 3.47. The van der Waals surface area contributed by atoms with Crippen molar-refractivity contribution in [3.05, 3.63) is 0 Å². The van der Waals surface area contributed by atoms with Crippen LogP contribution < -0.4 is 5.32 Å². The fraction of sp³-hybridized carbons (Fsp3) is 0.846. The maximum atomic E-state index is 11.8. The monoisotopic (exact) mass is 241 g/mol. The lowest BCUT2D eigenvalue weighted by Gasteiger charge is -2.29. The zero-order chi connectivity index (χ0) is 13.3. The summed E-state index contributed by atoms with van der Waals surface area (Å²) in [7, 11) is 0. The molecule has 1 aliphatic rings. The molecule has 1 rings (SSSR count). The number of carbonyl (C=O) groups excluding carboxylic acids is 1. The Morgan fingerprint density at radius 1 is 1.41 bits per heavy atom. The van der Waals surface area contributed by atoms with Crippen LogP contribution in [0.15, 0.2) is 0 Å². The molecular formula is C13H23NO3. The highest BCUT2D eigenvalue weighted by molar-refractivity contribution is 5.80. The predicted octanol–water partition coefficient (Wildman–Crippen LogP) is 2.18. The highest BCUT2D eigenvalue weighted by atomic mass is 16.4. The molecule has 0 aromatic heterocycles. The summed E-state index contributed by atoms with van der Waals surface area (Å²) in [6, 6.07) is -0.227. The van der Waals surface area contributed by atoms with Crippen LogP contribution in [0.25, 0.3) is 0 Å². The Morgan fingerprint density at radius 3 is 2.47 bits per heavy atom. The molecule has 0 aliphatic heterocycles. The first-order valence-electron chi connectivity index (χ1n) is 6.18. The van der Waals surface area contributed by atoms with Crippen LogP contribution >= 0.6 is 0 Å². The number of carboxylic acid groups (broad SMARTS) is 1. The third kappa shape index (κ3) is 3.45. The van der Waals surface area contributed by atoms with Crippen LogP contribution in [0.2, 0.25) is 0 Å². The third-order valence-electron chi connectivity index (χ3n) is 3.47. The van der Waals surface area contributed by atoms with Crippen LogP contribution in [0.1, 0.15) is 53.4 Å². The van der Waals surface area contributed by atoms with Crippen molar-refractivity contribution in [3.8, 4) is 0 Å². The van der Waals surface area contributed by atoms with E-state index in [9.17, 15) is 14.7 Å². The van der Waals surface area contributed by atoms with Gasteiger partial charge in [-0.2, -0.15) is 0 Å². The molecule has 0 aromatic rings. The fourth-order valence-electron chi connectivity index (χ4n) is 2.38. The van der Waals surface area contributed by atoms with Crippen LogP contribution in [-0.4, -0.2) is 23.0 Å². The van der Waals surface area contributed by atoms with Crippen LogP contribution in [0.3, 0.4) is 0 Å². The van der Waals surface area contributed by atoms with E-state index in [2.05, 4.69) is 5.32 Å². The Labute approximate surface area is 103 Å². The van der Waals surface area contributed by atoms with Gasteiger partial charge in [0.2, 0.25) is 5.91 Å². The Bertz CT molecular complexity index is 319. The number of carboxylic acids is 1. The second-order valence-electron chi connectivity index (χ2n) is 6.47. The van der Waals surface area contributed by atoms with Gasteiger partial charge in [0, 0.05) is 12.5 Å². The molecule has 2 atom stereocenters. The van der Waals surface area contributed by atoms with Gasteiger partial charge in [-0.15, -0.1) is 0 Å². The van der Waals surface area contributed by atoms with E-state index in [0.29, 0.717) is 12.8 Å². The summed E-state index contributed by atoms with van der Waals surface area (Å²) in [6.07, 6.45) is 2.70. The topological polar surface area (TPSA) is 66.4 Å². The lowest BCUT2D eigenvalue weighted by molar-refractivity contribution is -0.149. The molecule has 17 heavy (non-hydrogen) atoms. The molecule has 0 spiro atoms. The quantitative estimate of drug-likeness (QED) is 0.796. The standard InChI is InChI=1S/C13H23NO3/c1-12(2,3)8-10(15)14-9-6-5-7-13(9,4)11(16)17/h9H,5-8H2,1-4H3,(H,14,15)(H,16,17). The SMILES string of the molecule is CC(C)(C)CC(=O)NC1CCCC1(C)C(=O)O. The summed E-state index contributed by atoms with van der Waals surface area (Å²) in [6.45, 7) is 7.72. The molecule has 0 heterocycles. The Balaban J connectivity index is 2.63. The largest absolute Gasteiger partial charge is 0.481 e. The highest BCUT2D eigenvalue weighted by Crippen LogP contribution is 2.38. The summed E-state index contributed by atoms with van der Waals surface area (Å²) in [5.41, 5.74) is -0.865. The first kappa shape index (κ1) is 14.0. The van der Waals surface area contributed by atoms with E-state index in [4.69, 9.17) is 0 Å². The Kier molecular flexibility index (Phi) is 3.84. The minimum atomic E-state index is -0.809. The van der Waals surface area contributed by atoms with E-state index in [1.807, 2.05) is 20.8 Å². The molecule has 4 heteroatoms. The van der Waals surface area contributed by atoms with Crippen LogP contribution in [0, 0.1) is 10.8 Å². The number of amides is 1. The summed E-state index contributed by atoms with van der Waals surface area (Å²) >= 11 is 0. The van der Waals surface area contributed by atoms with Gasteiger partial charge in [-0.25, -0.2) is 0 Å². The van der Waals surface area contributed by atoms with Crippen molar-refractivity contribution in [1.82, 2.24) is 5.32 Å². The van der Waals surface area contributed by atoms with Gasteiger partial charge in [0.15, 0.2) is 0 Å². The maximum Gasteiger partial charge on any atom is 0.311 e. The van der Waals surface area contributed by atoms with Gasteiger partial charge in [-0.3, -0.25) is 9.59 Å². The van der Waals surface area contributed by atoms with Gasteiger partial charge in [-0.1, -0.05) is 27.2 Å². The molecule has 1 aliphatic carbocycles. The van der Waals surface area contributed by atoms with E-state index in [0.717, 1.165) is 12.8 Å². The zero-order valence-electron chi connectivity index (χ0n) is 11.2. The summed E-state index contributed by atoms with van der Waals surface area (Å²) < 4.78 is 0. The molecule has 0 saturated heterocycles. The van der Waals surface area contributed by atoms with Gasteiger partial charge in [0.25, 0.3) is 0 Å². The van der Waals surface area contributed by atoms with E-state index >= 15 is 0 Å². The number of aliphatic carboxylic acids is 1. The van der Waals surface area contributed by atoms with Crippen molar-refractivity contribution in [2.24, 2.45) is 10.8 Å². The van der Waals surface area contributed by atoms with Crippen molar-refractivity contribution in [3.63, 3.8) is 0 Å². The minimum Gasteiger partial charge on any atom is -0.481 e. The number of rotatable bonds is 3. The van der Waals surface area contributed by atoms with Crippen LogP contribution in [0.5, 0.6) is 0 Å².